The van der Waals surface area contributed by atoms with E-state index < -0.39 is 5.97 Å². The van der Waals surface area contributed by atoms with Gasteiger partial charge in [0.25, 0.3) is 0 Å². The summed E-state index contributed by atoms with van der Waals surface area (Å²) in [5.74, 6) is -0.332. The van der Waals surface area contributed by atoms with Crippen molar-refractivity contribution in [2.24, 2.45) is 5.92 Å². The van der Waals surface area contributed by atoms with Gasteiger partial charge in [0, 0.05) is 26.1 Å². The first-order valence-electron chi connectivity index (χ1n) is 7.76. The molecule has 0 bridgehead atoms. The Bertz CT molecular complexity index is 542. The number of amides is 1. The Morgan fingerprint density at radius 3 is 2.65 bits per heavy atom. The Labute approximate surface area is 136 Å². The normalized spacial score (nSPS) is 20.8. The smallest absolute Gasteiger partial charge is 0.341 e. The number of carbonyl (C=O) groups excluding carboxylic acids is 1. The van der Waals surface area contributed by atoms with Gasteiger partial charge in [-0.15, -0.1) is 0 Å². The maximum atomic E-state index is 12.5. The van der Waals surface area contributed by atoms with Crippen LogP contribution < -0.4 is 4.74 Å². The molecule has 2 atom stereocenters. The number of benzene rings is 1. The minimum Gasteiger partial charge on any atom is -0.482 e. The maximum absolute atomic E-state index is 12.5. The monoisotopic (exact) mass is 321 g/mol. The minimum atomic E-state index is -1.01. The van der Waals surface area contributed by atoms with Crippen molar-refractivity contribution in [1.82, 2.24) is 4.90 Å². The molecule has 23 heavy (non-hydrogen) atoms. The van der Waals surface area contributed by atoms with Gasteiger partial charge >= 0.3 is 5.97 Å². The van der Waals surface area contributed by atoms with Gasteiger partial charge in [-0.1, -0.05) is 12.1 Å². The van der Waals surface area contributed by atoms with Crippen molar-refractivity contribution in [3.05, 3.63) is 29.8 Å². The number of carbonyl (C=O) groups is 2. The van der Waals surface area contributed by atoms with Crippen LogP contribution in [0.4, 0.5) is 0 Å². The zero-order chi connectivity index (χ0) is 16.8. The lowest BCUT2D eigenvalue weighted by atomic mass is 9.95. The van der Waals surface area contributed by atoms with Crippen LogP contribution in [-0.2, 0) is 20.9 Å². The minimum absolute atomic E-state index is 0.0296. The van der Waals surface area contributed by atoms with E-state index in [1.165, 1.54) is 0 Å². The van der Waals surface area contributed by atoms with Crippen molar-refractivity contribution >= 4 is 11.9 Å². The van der Waals surface area contributed by atoms with Crippen LogP contribution in [0.15, 0.2) is 24.3 Å². The average molecular weight is 321 g/mol. The molecule has 1 saturated heterocycles. The van der Waals surface area contributed by atoms with Crippen molar-refractivity contribution < 1.29 is 24.2 Å². The van der Waals surface area contributed by atoms with Gasteiger partial charge in [-0.2, -0.15) is 0 Å². The molecule has 1 amide bonds. The average Bonchev–Trinajstić information content (AvgIpc) is 2.53. The third-order valence-electron chi connectivity index (χ3n) is 3.92. The van der Waals surface area contributed by atoms with E-state index in [9.17, 15) is 9.59 Å². The number of rotatable bonds is 6. The second-order valence-electron chi connectivity index (χ2n) is 5.92. The molecule has 2 unspecified atom stereocenters. The molecule has 6 nitrogen and oxygen atoms in total. The van der Waals surface area contributed by atoms with Crippen LogP contribution in [0.5, 0.6) is 5.75 Å². The maximum Gasteiger partial charge on any atom is 0.341 e. The largest absolute Gasteiger partial charge is 0.482 e. The molecular formula is C17H23NO5. The molecule has 0 aromatic heterocycles. The standard InChI is InChI=1S/C17H23NO5/c1-12-9-14(7-8-22-12)17(21)18(2)10-13-3-5-15(6-4-13)23-11-16(19)20/h3-6,12,14H,7-11H2,1-2H3,(H,19,20). The number of hydrogen-bond acceptors (Lipinski definition) is 4. The van der Waals surface area contributed by atoms with Gasteiger partial charge in [-0.25, -0.2) is 4.79 Å². The van der Waals surface area contributed by atoms with Gasteiger partial charge in [0.1, 0.15) is 5.75 Å². The van der Waals surface area contributed by atoms with Gasteiger partial charge in [-0.05, 0) is 37.5 Å². The Kier molecular flexibility index (Phi) is 5.98. The fraction of sp³-hybridized carbons (Fsp3) is 0.529. The van der Waals surface area contributed by atoms with Crippen LogP contribution >= 0.6 is 0 Å². The lowest BCUT2D eigenvalue weighted by molar-refractivity contribution is -0.140. The molecule has 1 aliphatic heterocycles. The van der Waals surface area contributed by atoms with Crippen LogP contribution in [0.2, 0.25) is 0 Å². The summed E-state index contributed by atoms with van der Waals surface area (Å²) < 4.78 is 10.6. The lowest BCUT2D eigenvalue weighted by Gasteiger charge is -2.29. The molecule has 1 aromatic rings. The number of nitrogens with zero attached hydrogens (tertiary/aromatic N) is 1. The topological polar surface area (TPSA) is 76.1 Å². The van der Waals surface area contributed by atoms with E-state index in [0.29, 0.717) is 18.9 Å². The van der Waals surface area contributed by atoms with E-state index in [0.717, 1.165) is 18.4 Å². The Hall–Kier alpha value is -2.08. The SMILES string of the molecule is CC1CC(C(=O)N(C)Cc2ccc(OCC(=O)O)cc2)CCO1. The van der Waals surface area contributed by atoms with Crippen molar-refractivity contribution in [1.29, 1.82) is 0 Å². The highest BCUT2D eigenvalue weighted by Crippen LogP contribution is 2.22. The molecule has 0 radical (unpaired) electrons. The van der Waals surface area contributed by atoms with Crippen LogP contribution in [0.25, 0.3) is 0 Å². The number of hydrogen-bond donors (Lipinski definition) is 1. The molecule has 1 heterocycles. The highest BCUT2D eigenvalue weighted by molar-refractivity contribution is 5.78. The van der Waals surface area contributed by atoms with Gasteiger partial charge in [0.15, 0.2) is 6.61 Å². The highest BCUT2D eigenvalue weighted by Gasteiger charge is 2.27. The fourth-order valence-corrected chi connectivity index (χ4v) is 2.72. The van der Waals surface area contributed by atoms with Crippen LogP contribution in [0, 0.1) is 5.92 Å². The van der Waals surface area contributed by atoms with Crippen molar-refractivity contribution in [3.8, 4) is 5.75 Å². The Morgan fingerprint density at radius 1 is 1.35 bits per heavy atom. The number of aliphatic carboxylic acids is 1. The van der Waals surface area contributed by atoms with Gasteiger partial charge in [0.05, 0.1) is 6.10 Å². The first kappa shape index (κ1) is 17.3. The van der Waals surface area contributed by atoms with Crippen molar-refractivity contribution in [2.75, 3.05) is 20.3 Å². The van der Waals surface area contributed by atoms with E-state index in [-0.39, 0.29) is 24.5 Å². The fourth-order valence-electron chi connectivity index (χ4n) is 2.72. The zero-order valence-electron chi connectivity index (χ0n) is 13.5. The molecule has 2 rings (SSSR count). The molecule has 1 N–H and O–H groups in total. The predicted molar refractivity (Wildman–Crippen MR) is 84.2 cm³/mol. The Morgan fingerprint density at radius 2 is 2.04 bits per heavy atom. The third kappa shape index (κ3) is 5.25. The van der Waals surface area contributed by atoms with E-state index in [1.54, 1.807) is 24.1 Å². The second-order valence-corrected chi connectivity index (χ2v) is 5.92. The molecule has 1 fully saturated rings. The summed E-state index contributed by atoms with van der Waals surface area (Å²) in [6.45, 7) is 2.79. The zero-order valence-corrected chi connectivity index (χ0v) is 13.5. The molecule has 0 aliphatic carbocycles. The Balaban J connectivity index is 1.87. The van der Waals surface area contributed by atoms with E-state index in [1.807, 2.05) is 19.1 Å². The molecule has 126 valence electrons. The first-order chi connectivity index (χ1) is 11.0. The summed E-state index contributed by atoms with van der Waals surface area (Å²) >= 11 is 0. The molecule has 1 aliphatic rings. The second kappa shape index (κ2) is 7.97. The summed E-state index contributed by atoms with van der Waals surface area (Å²) in [7, 11) is 1.80. The third-order valence-corrected chi connectivity index (χ3v) is 3.92. The van der Waals surface area contributed by atoms with Gasteiger partial charge < -0.3 is 19.5 Å². The summed E-state index contributed by atoms with van der Waals surface area (Å²) in [5.41, 5.74) is 0.976. The first-order valence-corrected chi connectivity index (χ1v) is 7.76. The van der Waals surface area contributed by atoms with Crippen LogP contribution in [0.1, 0.15) is 25.3 Å². The summed E-state index contributed by atoms with van der Waals surface area (Å²) in [6.07, 6.45) is 1.68. The molecule has 1 aromatic carbocycles. The molecule has 6 heteroatoms. The molecule has 0 spiro atoms. The summed E-state index contributed by atoms with van der Waals surface area (Å²) in [5, 5.41) is 8.57. The summed E-state index contributed by atoms with van der Waals surface area (Å²) in [4.78, 5) is 24.7. The van der Waals surface area contributed by atoms with E-state index in [2.05, 4.69) is 0 Å². The van der Waals surface area contributed by atoms with Gasteiger partial charge in [0.2, 0.25) is 5.91 Å². The lowest BCUT2D eigenvalue weighted by Crippen LogP contribution is -2.37. The van der Waals surface area contributed by atoms with E-state index >= 15 is 0 Å². The van der Waals surface area contributed by atoms with Gasteiger partial charge in [-0.3, -0.25) is 4.79 Å². The van der Waals surface area contributed by atoms with E-state index in [4.69, 9.17) is 14.6 Å². The number of carboxylic acids is 1. The predicted octanol–water partition coefficient (Wildman–Crippen LogP) is 1.92. The quantitative estimate of drug-likeness (QED) is 0.866. The number of ether oxygens (including phenoxy) is 2. The highest BCUT2D eigenvalue weighted by atomic mass is 16.5. The molecule has 0 saturated carbocycles. The van der Waals surface area contributed by atoms with Crippen LogP contribution in [-0.4, -0.2) is 48.2 Å². The van der Waals surface area contributed by atoms with Crippen molar-refractivity contribution in [3.63, 3.8) is 0 Å². The molecular weight excluding hydrogens is 298 g/mol. The van der Waals surface area contributed by atoms with Crippen molar-refractivity contribution in [2.45, 2.75) is 32.4 Å². The summed E-state index contributed by atoms with van der Waals surface area (Å²) in [6, 6.07) is 7.11. The van der Waals surface area contributed by atoms with Crippen LogP contribution in [0.3, 0.4) is 0 Å². The number of carboxylic acid groups (broad SMARTS) is 1.